The summed E-state index contributed by atoms with van der Waals surface area (Å²) in [5.74, 6) is -9.82. The lowest BCUT2D eigenvalue weighted by molar-refractivity contribution is -0.281. The van der Waals surface area contributed by atoms with E-state index in [-0.39, 0.29) is 23.0 Å². The summed E-state index contributed by atoms with van der Waals surface area (Å²) in [5.41, 5.74) is 5.64. The maximum absolute atomic E-state index is 14.2. The zero-order chi connectivity index (χ0) is 45.9. The third kappa shape index (κ3) is 8.07. The third-order valence-electron chi connectivity index (χ3n) is 11.7. The normalized spacial score (nSPS) is 12.9. The molecule has 0 aliphatic carbocycles. The number of hydrogen-bond donors (Lipinski definition) is 0. The van der Waals surface area contributed by atoms with Crippen molar-refractivity contribution in [1.29, 1.82) is 0 Å². The van der Waals surface area contributed by atoms with Crippen molar-refractivity contribution < 1.29 is 43.9 Å². The number of hydrogen-bond acceptors (Lipinski definition) is 2. The Kier molecular flexibility index (Phi) is 11.3. The highest BCUT2D eigenvalue weighted by molar-refractivity contribution is 6.29. The van der Waals surface area contributed by atoms with Gasteiger partial charge in [-0.05, 0) is 116 Å². The first-order chi connectivity index (χ1) is 30.2. The van der Waals surface area contributed by atoms with Gasteiger partial charge in [-0.2, -0.15) is 43.9 Å². The first-order valence-corrected chi connectivity index (χ1v) is 20.7. The molecule has 0 N–H and O–H groups in total. The van der Waals surface area contributed by atoms with Crippen LogP contribution in [0, 0.1) is 0 Å². The molecule has 0 heterocycles. The van der Waals surface area contributed by atoms with Crippen molar-refractivity contribution in [3.05, 3.63) is 168 Å². The lowest BCUT2D eigenvalue weighted by atomic mass is 9.84. The number of benzene rings is 8. The second-order valence-corrected chi connectivity index (χ2v) is 16.8. The van der Waals surface area contributed by atoms with Crippen molar-refractivity contribution in [2.24, 2.45) is 0 Å². The van der Waals surface area contributed by atoms with Gasteiger partial charge in [0.05, 0.1) is 11.4 Å². The Labute approximate surface area is 363 Å². The van der Waals surface area contributed by atoms with Crippen LogP contribution in [0.3, 0.4) is 0 Å². The average molecular weight is 885 g/mol. The molecule has 0 saturated carbocycles. The van der Waals surface area contributed by atoms with Gasteiger partial charge in [-0.1, -0.05) is 113 Å². The van der Waals surface area contributed by atoms with E-state index in [2.05, 4.69) is 52.0 Å². The predicted octanol–water partition coefficient (Wildman–Crippen LogP) is 17.3. The van der Waals surface area contributed by atoms with Crippen LogP contribution in [0.4, 0.5) is 78.0 Å². The molecule has 0 bridgehead atoms. The summed E-state index contributed by atoms with van der Waals surface area (Å²) in [5, 5.41) is 5.50. The first-order valence-electron chi connectivity index (χ1n) is 20.7. The molecule has 2 nitrogen and oxygen atoms in total. The standard InChI is InChI=1S/C52H42F10N2/c1-31(2)43-27-45(63(35-11-7-5-8-12-35)37-19-15-33(16-20-37)29-49(53,54)51(57,58)59)41-26-24-40-44(32(3)4)28-46(42-25-23-39(43)47(41)48(40)42)64(36-13-9-6-10-14-36)38-21-17-34(18-22-38)30-50(55,56)52(60,61)62/h5-28,31-32H,29-30H2,1-4H3. The number of rotatable bonds is 12. The molecule has 0 atom stereocenters. The van der Waals surface area contributed by atoms with Crippen LogP contribution in [0.5, 0.6) is 0 Å². The van der Waals surface area contributed by atoms with Crippen LogP contribution in [0.2, 0.25) is 0 Å². The SMILES string of the molecule is CC(C)c1cc(N(c2ccccc2)c2ccc(CC(F)(F)C(F)(F)F)cc2)c2ccc3c(C(C)C)cc(N(c4ccccc4)c4ccc(CC(F)(F)C(F)(F)F)cc4)c4ccc1c2c34. The van der Waals surface area contributed by atoms with Gasteiger partial charge in [0.15, 0.2) is 0 Å². The van der Waals surface area contributed by atoms with Gasteiger partial charge < -0.3 is 9.80 Å². The van der Waals surface area contributed by atoms with Gasteiger partial charge in [0.2, 0.25) is 0 Å². The van der Waals surface area contributed by atoms with E-state index in [4.69, 9.17) is 0 Å². The van der Waals surface area contributed by atoms with Gasteiger partial charge in [-0.3, -0.25) is 0 Å². The van der Waals surface area contributed by atoms with Gasteiger partial charge >= 0.3 is 24.2 Å². The predicted molar refractivity (Wildman–Crippen MR) is 237 cm³/mol. The van der Waals surface area contributed by atoms with Crippen LogP contribution in [-0.4, -0.2) is 24.2 Å². The first kappa shape index (κ1) is 44.3. The molecule has 0 fully saturated rings. The highest BCUT2D eigenvalue weighted by Gasteiger charge is 2.57. The number of halogens is 10. The topological polar surface area (TPSA) is 6.48 Å². The van der Waals surface area contributed by atoms with Gasteiger partial charge in [0, 0.05) is 46.4 Å². The summed E-state index contributed by atoms with van der Waals surface area (Å²) in [6.45, 7) is 8.31. The molecular weight excluding hydrogens is 843 g/mol. The number of alkyl halides is 10. The van der Waals surface area contributed by atoms with Crippen LogP contribution in [0.1, 0.15) is 61.8 Å². The molecule has 0 unspecified atom stereocenters. The Morgan fingerprint density at radius 2 is 0.672 bits per heavy atom. The maximum Gasteiger partial charge on any atom is 0.453 e. The molecule has 0 amide bonds. The molecule has 8 aromatic rings. The summed E-state index contributed by atoms with van der Waals surface area (Å²) in [7, 11) is 0. The summed E-state index contributed by atoms with van der Waals surface area (Å²) in [6.07, 6.45) is -14.4. The molecule has 0 saturated heterocycles. The zero-order valence-electron chi connectivity index (χ0n) is 35.1. The molecule has 330 valence electrons. The molecule has 0 radical (unpaired) electrons. The lowest BCUT2D eigenvalue weighted by Gasteiger charge is -2.31. The van der Waals surface area contributed by atoms with Crippen LogP contribution in [-0.2, 0) is 12.8 Å². The monoisotopic (exact) mass is 884 g/mol. The molecule has 0 aromatic heterocycles. The van der Waals surface area contributed by atoms with Crippen molar-refractivity contribution in [1.82, 2.24) is 0 Å². The van der Waals surface area contributed by atoms with Crippen molar-refractivity contribution >= 4 is 66.4 Å². The maximum atomic E-state index is 14.2. The van der Waals surface area contributed by atoms with E-state index in [1.165, 1.54) is 24.3 Å². The Morgan fingerprint density at radius 3 is 0.969 bits per heavy atom. The van der Waals surface area contributed by atoms with Crippen molar-refractivity contribution in [3.8, 4) is 0 Å². The fraction of sp³-hybridized carbons (Fsp3) is 0.231. The Hall–Kier alpha value is -6.30. The largest absolute Gasteiger partial charge is 0.453 e. The highest BCUT2D eigenvalue weighted by Crippen LogP contribution is 2.51. The zero-order valence-corrected chi connectivity index (χ0v) is 35.1. The second-order valence-electron chi connectivity index (χ2n) is 16.8. The van der Waals surface area contributed by atoms with Crippen molar-refractivity contribution in [2.45, 2.75) is 76.6 Å². The van der Waals surface area contributed by atoms with Crippen LogP contribution in [0.25, 0.3) is 32.3 Å². The third-order valence-corrected chi connectivity index (χ3v) is 11.7. The molecule has 0 spiro atoms. The second kappa shape index (κ2) is 16.4. The quantitative estimate of drug-likeness (QED) is 0.0891. The molecule has 0 aliphatic rings. The molecule has 8 rings (SSSR count). The smallest absolute Gasteiger partial charge is 0.310 e. The fourth-order valence-corrected chi connectivity index (χ4v) is 8.58. The molecule has 64 heavy (non-hydrogen) atoms. The molecule has 8 aromatic carbocycles. The number of nitrogens with zero attached hydrogens (tertiary/aromatic N) is 2. The molecule has 12 heteroatoms. The minimum absolute atomic E-state index is 0.000937. The summed E-state index contributed by atoms with van der Waals surface area (Å²) in [4.78, 5) is 3.93. The summed E-state index contributed by atoms with van der Waals surface area (Å²) >= 11 is 0. The summed E-state index contributed by atoms with van der Waals surface area (Å²) < 4.78 is 136. The van der Waals surface area contributed by atoms with E-state index in [1.54, 1.807) is 24.3 Å². The van der Waals surface area contributed by atoms with Gasteiger partial charge in [0.1, 0.15) is 0 Å². The number of anilines is 6. The van der Waals surface area contributed by atoms with E-state index in [1.807, 2.05) is 82.6 Å². The van der Waals surface area contributed by atoms with E-state index in [0.29, 0.717) is 11.4 Å². The van der Waals surface area contributed by atoms with Gasteiger partial charge in [-0.25, -0.2) is 0 Å². The van der Waals surface area contributed by atoms with E-state index in [9.17, 15) is 43.9 Å². The fourth-order valence-electron chi connectivity index (χ4n) is 8.58. The van der Waals surface area contributed by atoms with Crippen molar-refractivity contribution in [2.75, 3.05) is 9.80 Å². The Balaban J connectivity index is 1.38. The lowest BCUT2D eigenvalue weighted by Crippen LogP contribution is -2.38. The highest BCUT2D eigenvalue weighted by atomic mass is 19.4. The van der Waals surface area contributed by atoms with Crippen LogP contribution < -0.4 is 9.80 Å². The number of para-hydroxylation sites is 2. The van der Waals surface area contributed by atoms with Gasteiger partial charge in [0.25, 0.3) is 0 Å². The average Bonchev–Trinajstić information content (AvgIpc) is 3.24. The minimum Gasteiger partial charge on any atom is -0.310 e. The Morgan fingerprint density at radius 1 is 0.375 bits per heavy atom. The van der Waals surface area contributed by atoms with Gasteiger partial charge in [-0.15, -0.1) is 0 Å². The molecule has 0 aliphatic heterocycles. The Bertz CT molecular complexity index is 2700. The van der Waals surface area contributed by atoms with E-state index >= 15 is 0 Å². The minimum atomic E-state index is -5.70. The van der Waals surface area contributed by atoms with Crippen LogP contribution in [0.15, 0.2) is 146 Å². The van der Waals surface area contributed by atoms with E-state index < -0.39 is 37.0 Å². The van der Waals surface area contributed by atoms with Crippen LogP contribution >= 0.6 is 0 Å². The summed E-state index contributed by atoms with van der Waals surface area (Å²) in [6, 6.07) is 42.4. The van der Waals surface area contributed by atoms with Crippen molar-refractivity contribution in [3.63, 3.8) is 0 Å². The molecular formula is C52H42F10N2. The van der Waals surface area contributed by atoms with E-state index in [0.717, 1.165) is 66.2 Å².